The van der Waals surface area contributed by atoms with E-state index in [1.165, 1.54) is 6.42 Å². The quantitative estimate of drug-likeness (QED) is 0.395. The molecule has 4 nitrogen and oxygen atoms in total. The lowest BCUT2D eigenvalue weighted by Crippen LogP contribution is -2.34. The topological polar surface area (TPSA) is 36.9 Å². The van der Waals surface area contributed by atoms with Gasteiger partial charge in [-0.15, -0.1) is 0 Å². The summed E-state index contributed by atoms with van der Waals surface area (Å²) in [6.07, 6.45) is 3.39. The molecule has 17 heavy (non-hydrogen) atoms. The van der Waals surface area contributed by atoms with Crippen molar-refractivity contribution in [3.63, 3.8) is 0 Å². The van der Waals surface area contributed by atoms with E-state index in [0.29, 0.717) is 17.8 Å². The summed E-state index contributed by atoms with van der Waals surface area (Å²) in [5.74, 6) is 1.67. The maximum Gasteiger partial charge on any atom is 0.398 e. The highest BCUT2D eigenvalue weighted by atomic mass is 35.5. The second-order valence-electron chi connectivity index (χ2n) is 4.90. The summed E-state index contributed by atoms with van der Waals surface area (Å²) in [5.41, 5.74) is 0. The first-order valence-electron chi connectivity index (χ1n) is 5.79. The average Bonchev–Trinajstić information content (AvgIpc) is 2.30. The summed E-state index contributed by atoms with van der Waals surface area (Å²) >= 11 is 10.3. The molecule has 0 spiro atoms. The fourth-order valence-corrected chi connectivity index (χ4v) is 2.99. The van der Waals surface area contributed by atoms with Gasteiger partial charge in [0.25, 0.3) is 0 Å². The molecule has 0 aliphatic heterocycles. The van der Waals surface area contributed by atoms with Crippen molar-refractivity contribution in [2.45, 2.75) is 46.1 Å². The molecule has 102 valence electrons. The normalized spacial score (nSPS) is 30.2. The molecule has 1 aliphatic rings. The molecule has 0 heterocycles. The molecule has 3 unspecified atom stereocenters. The standard InChI is InChI=1S/C10H19Cl2O4P/c1-7(2)9-5-4-8(3)6-10(9)13-16-17(14-11)15-12/h7-10H,4-6H2,1-3H3. The van der Waals surface area contributed by atoms with Gasteiger partial charge in [-0.25, -0.2) is 4.89 Å². The molecular weight excluding hydrogens is 286 g/mol. The summed E-state index contributed by atoms with van der Waals surface area (Å²) in [6, 6.07) is 0. The van der Waals surface area contributed by atoms with E-state index in [4.69, 9.17) is 33.3 Å². The first-order chi connectivity index (χ1) is 8.08. The second kappa shape index (κ2) is 8.11. The molecule has 1 saturated carbocycles. The Bertz CT molecular complexity index is 216. The molecule has 0 aromatic heterocycles. The largest absolute Gasteiger partial charge is 0.398 e. The van der Waals surface area contributed by atoms with Crippen LogP contribution in [0.2, 0.25) is 0 Å². The van der Waals surface area contributed by atoms with Gasteiger partial charge < -0.3 is 0 Å². The Balaban J connectivity index is 2.46. The van der Waals surface area contributed by atoms with Crippen LogP contribution in [0.25, 0.3) is 0 Å². The Morgan fingerprint density at radius 3 is 2.35 bits per heavy atom. The van der Waals surface area contributed by atoms with Crippen LogP contribution in [0, 0.1) is 17.8 Å². The van der Waals surface area contributed by atoms with Gasteiger partial charge in [0.15, 0.2) is 0 Å². The Morgan fingerprint density at radius 2 is 1.82 bits per heavy atom. The monoisotopic (exact) mass is 304 g/mol. The van der Waals surface area contributed by atoms with E-state index >= 15 is 0 Å². The van der Waals surface area contributed by atoms with Crippen LogP contribution >= 0.6 is 32.3 Å². The van der Waals surface area contributed by atoms with E-state index in [0.717, 1.165) is 12.8 Å². The zero-order valence-corrected chi connectivity index (χ0v) is 12.7. The molecule has 7 heteroatoms. The Morgan fingerprint density at radius 1 is 1.18 bits per heavy atom. The SMILES string of the molecule is CC1CCC(C(C)C)C(OOP(OCl)OCl)C1. The molecular formula is C10H19Cl2O4P. The maximum absolute atomic E-state index is 5.38. The number of hydrogen-bond acceptors (Lipinski definition) is 4. The lowest BCUT2D eigenvalue weighted by atomic mass is 9.75. The average molecular weight is 305 g/mol. The number of rotatable bonds is 6. The molecule has 0 N–H and O–H groups in total. The van der Waals surface area contributed by atoms with E-state index < -0.39 is 8.60 Å². The molecule has 0 aromatic carbocycles. The van der Waals surface area contributed by atoms with Gasteiger partial charge in [-0.2, -0.15) is 12.8 Å². The van der Waals surface area contributed by atoms with Crippen molar-refractivity contribution in [3.05, 3.63) is 0 Å². The zero-order chi connectivity index (χ0) is 12.8. The summed E-state index contributed by atoms with van der Waals surface area (Å²) in [5, 5.41) is 0. The van der Waals surface area contributed by atoms with Crippen LogP contribution in [0.1, 0.15) is 40.0 Å². The third-order valence-corrected chi connectivity index (χ3v) is 4.41. The van der Waals surface area contributed by atoms with Crippen LogP contribution < -0.4 is 0 Å². The van der Waals surface area contributed by atoms with Gasteiger partial charge in [-0.1, -0.05) is 27.2 Å². The minimum absolute atomic E-state index is 0.0439. The lowest BCUT2D eigenvalue weighted by molar-refractivity contribution is -0.273. The summed E-state index contributed by atoms with van der Waals surface area (Å²) < 4.78 is 13.7. The van der Waals surface area contributed by atoms with E-state index in [-0.39, 0.29) is 6.10 Å². The Labute approximate surface area is 114 Å². The van der Waals surface area contributed by atoms with Crippen molar-refractivity contribution in [1.82, 2.24) is 0 Å². The first-order valence-corrected chi connectivity index (χ1v) is 7.50. The van der Waals surface area contributed by atoms with E-state index in [2.05, 4.69) is 28.9 Å². The van der Waals surface area contributed by atoms with Crippen LogP contribution in [-0.2, 0) is 17.7 Å². The van der Waals surface area contributed by atoms with Crippen molar-refractivity contribution in [2.24, 2.45) is 17.8 Å². The fraction of sp³-hybridized carbons (Fsp3) is 1.00. The number of halogens is 2. The molecule has 0 bridgehead atoms. The zero-order valence-electron chi connectivity index (χ0n) is 10.3. The van der Waals surface area contributed by atoms with Crippen LogP contribution in [0.3, 0.4) is 0 Å². The summed E-state index contributed by atoms with van der Waals surface area (Å²) in [6.45, 7) is 6.59. The molecule has 1 aliphatic carbocycles. The Kier molecular flexibility index (Phi) is 7.59. The molecule has 1 fully saturated rings. The smallest absolute Gasteiger partial charge is 0.225 e. The number of hydrogen-bond donors (Lipinski definition) is 0. The molecule has 3 atom stereocenters. The van der Waals surface area contributed by atoms with Gasteiger partial charge in [0.05, 0.1) is 29.8 Å². The summed E-state index contributed by atoms with van der Waals surface area (Å²) in [7, 11) is -1.83. The van der Waals surface area contributed by atoms with Crippen molar-refractivity contribution in [1.29, 1.82) is 0 Å². The van der Waals surface area contributed by atoms with Crippen LogP contribution in [-0.4, -0.2) is 6.10 Å². The highest BCUT2D eigenvalue weighted by molar-refractivity contribution is 7.43. The third-order valence-electron chi connectivity index (χ3n) is 3.30. The van der Waals surface area contributed by atoms with Crippen molar-refractivity contribution in [2.75, 3.05) is 0 Å². The highest BCUT2D eigenvalue weighted by Crippen LogP contribution is 2.45. The van der Waals surface area contributed by atoms with Gasteiger partial charge in [0.2, 0.25) is 0 Å². The van der Waals surface area contributed by atoms with Gasteiger partial charge in [-0.3, -0.25) is 0 Å². The van der Waals surface area contributed by atoms with Crippen LogP contribution in [0.5, 0.6) is 0 Å². The van der Waals surface area contributed by atoms with Crippen molar-refractivity contribution < 1.29 is 17.7 Å². The fourth-order valence-electron chi connectivity index (χ4n) is 2.35. The van der Waals surface area contributed by atoms with E-state index in [1.54, 1.807) is 0 Å². The van der Waals surface area contributed by atoms with Gasteiger partial charge >= 0.3 is 8.60 Å². The van der Waals surface area contributed by atoms with Crippen molar-refractivity contribution >= 4 is 32.3 Å². The van der Waals surface area contributed by atoms with E-state index in [9.17, 15) is 0 Å². The van der Waals surface area contributed by atoms with Gasteiger partial charge in [0.1, 0.15) is 0 Å². The molecule has 0 radical (unpaired) electrons. The molecule has 0 aromatic rings. The van der Waals surface area contributed by atoms with Gasteiger partial charge in [0, 0.05) is 0 Å². The van der Waals surface area contributed by atoms with Crippen LogP contribution in [0.15, 0.2) is 0 Å². The summed E-state index contributed by atoms with van der Waals surface area (Å²) in [4.78, 5) is 5.38. The van der Waals surface area contributed by atoms with E-state index in [1.807, 2.05) is 0 Å². The van der Waals surface area contributed by atoms with Crippen molar-refractivity contribution in [3.8, 4) is 0 Å². The lowest BCUT2D eigenvalue weighted by Gasteiger charge is -2.35. The third kappa shape index (κ3) is 5.15. The minimum Gasteiger partial charge on any atom is -0.225 e. The molecule has 0 amide bonds. The highest BCUT2D eigenvalue weighted by Gasteiger charge is 2.33. The second-order valence-corrected chi connectivity index (χ2v) is 6.60. The first kappa shape index (κ1) is 15.9. The predicted octanol–water partition coefficient (Wildman–Crippen LogP) is 4.96. The Hall–Kier alpha value is 0.850. The van der Waals surface area contributed by atoms with Gasteiger partial charge in [-0.05, 0) is 30.6 Å². The molecule has 1 rings (SSSR count). The maximum atomic E-state index is 5.38. The molecule has 0 saturated heterocycles. The predicted molar refractivity (Wildman–Crippen MR) is 68.1 cm³/mol. The van der Waals surface area contributed by atoms with Crippen LogP contribution in [0.4, 0.5) is 0 Å². The minimum atomic E-state index is -1.83.